The third-order valence-electron chi connectivity index (χ3n) is 5.83. The Labute approximate surface area is 172 Å². The Morgan fingerprint density at radius 3 is 2.76 bits per heavy atom. The van der Waals surface area contributed by atoms with Crippen molar-refractivity contribution >= 4 is 5.91 Å². The summed E-state index contributed by atoms with van der Waals surface area (Å²) in [4.78, 5) is 19.6. The van der Waals surface area contributed by atoms with Gasteiger partial charge in [0.1, 0.15) is 11.9 Å². The van der Waals surface area contributed by atoms with Crippen molar-refractivity contribution in [1.29, 1.82) is 0 Å². The van der Waals surface area contributed by atoms with Gasteiger partial charge in [0.15, 0.2) is 0 Å². The molecule has 6 heteroatoms. The second-order valence-electron chi connectivity index (χ2n) is 7.88. The molecule has 0 radical (unpaired) electrons. The minimum absolute atomic E-state index is 0.0168. The van der Waals surface area contributed by atoms with Gasteiger partial charge in [-0.2, -0.15) is 0 Å². The van der Waals surface area contributed by atoms with Crippen molar-refractivity contribution in [1.82, 2.24) is 15.2 Å². The van der Waals surface area contributed by atoms with Gasteiger partial charge in [0, 0.05) is 36.8 Å². The Kier molecular flexibility index (Phi) is 6.00. The zero-order chi connectivity index (χ0) is 20.2. The lowest BCUT2D eigenvalue weighted by atomic mass is 10.00. The number of nitrogens with zero attached hydrogens (tertiary/aromatic N) is 2. The fourth-order valence-electron chi connectivity index (χ4n) is 4.09. The average molecular weight is 396 g/mol. The molecule has 1 aromatic carbocycles. The first-order valence-electron chi connectivity index (χ1n) is 10.5. The third kappa shape index (κ3) is 4.70. The van der Waals surface area contributed by atoms with Gasteiger partial charge in [-0.15, -0.1) is 0 Å². The van der Waals surface area contributed by atoms with Gasteiger partial charge in [0.05, 0.1) is 18.7 Å². The number of hydrogen-bond donors (Lipinski definition) is 1. The molecule has 1 saturated heterocycles. The molecule has 1 fully saturated rings. The van der Waals surface area contributed by atoms with Crippen LogP contribution in [-0.2, 0) is 4.79 Å². The van der Waals surface area contributed by atoms with Crippen molar-refractivity contribution in [2.75, 3.05) is 19.7 Å². The predicted octanol–water partition coefficient (Wildman–Crippen LogP) is 3.26. The van der Waals surface area contributed by atoms with E-state index in [0.717, 1.165) is 49.4 Å². The molecule has 0 spiro atoms. The molecule has 0 saturated carbocycles. The summed E-state index contributed by atoms with van der Waals surface area (Å²) in [7, 11) is 0. The molecule has 2 atom stereocenters. The maximum atomic E-state index is 12.9. The summed E-state index contributed by atoms with van der Waals surface area (Å²) in [6.07, 6.45) is 2.74. The smallest absolute Gasteiger partial charge is 0.237 e. The predicted molar refractivity (Wildman–Crippen MR) is 111 cm³/mol. The van der Waals surface area contributed by atoms with Crippen LogP contribution in [0.1, 0.15) is 43.5 Å². The second kappa shape index (κ2) is 8.82. The van der Waals surface area contributed by atoms with Gasteiger partial charge in [-0.1, -0.05) is 24.3 Å². The summed E-state index contributed by atoms with van der Waals surface area (Å²) in [5.74, 6) is 1.64. The SMILES string of the molecule is Cc1cccc(OC2CCN(C(C)C(=O)NC3CCOc4ccccc43)CC2)n1. The van der Waals surface area contributed by atoms with Gasteiger partial charge in [-0.25, -0.2) is 4.98 Å². The molecular weight excluding hydrogens is 366 g/mol. The number of benzene rings is 1. The maximum absolute atomic E-state index is 12.9. The Bertz CT molecular complexity index is 849. The zero-order valence-corrected chi connectivity index (χ0v) is 17.1. The molecule has 0 aliphatic carbocycles. The van der Waals surface area contributed by atoms with Crippen molar-refractivity contribution in [3.8, 4) is 11.6 Å². The lowest BCUT2D eigenvalue weighted by molar-refractivity contribution is -0.127. The molecule has 2 aromatic rings. The number of amides is 1. The number of fused-ring (bicyclic) bond motifs is 1. The molecule has 1 aromatic heterocycles. The number of aromatic nitrogens is 1. The molecule has 2 aliphatic heterocycles. The van der Waals surface area contributed by atoms with E-state index in [1.807, 2.05) is 56.3 Å². The van der Waals surface area contributed by atoms with Crippen molar-refractivity contribution in [2.45, 2.75) is 51.3 Å². The number of rotatable bonds is 5. The minimum Gasteiger partial charge on any atom is -0.493 e. The van der Waals surface area contributed by atoms with Crippen LogP contribution in [-0.4, -0.2) is 47.6 Å². The van der Waals surface area contributed by atoms with Crippen LogP contribution in [0.2, 0.25) is 0 Å². The maximum Gasteiger partial charge on any atom is 0.237 e. The molecule has 3 heterocycles. The van der Waals surface area contributed by atoms with Crippen molar-refractivity contribution < 1.29 is 14.3 Å². The highest BCUT2D eigenvalue weighted by Crippen LogP contribution is 2.31. The highest BCUT2D eigenvalue weighted by Gasteiger charge is 2.30. The fourth-order valence-corrected chi connectivity index (χ4v) is 4.09. The van der Waals surface area contributed by atoms with Gasteiger partial charge < -0.3 is 14.8 Å². The minimum atomic E-state index is -0.164. The Hall–Kier alpha value is -2.60. The van der Waals surface area contributed by atoms with Gasteiger partial charge in [-0.05, 0) is 38.8 Å². The van der Waals surface area contributed by atoms with Gasteiger partial charge in [0.2, 0.25) is 11.8 Å². The summed E-state index contributed by atoms with van der Waals surface area (Å²) in [5, 5.41) is 3.23. The number of nitrogens with one attached hydrogen (secondary N) is 1. The van der Waals surface area contributed by atoms with Crippen LogP contribution in [0.4, 0.5) is 0 Å². The van der Waals surface area contributed by atoms with E-state index < -0.39 is 0 Å². The molecule has 4 rings (SSSR count). The first-order chi connectivity index (χ1) is 14.1. The van der Waals surface area contributed by atoms with E-state index in [0.29, 0.717) is 12.5 Å². The lowest BCUT2D eigenvalue weighted by Crippen LogP contribution is -2.50. The molecule has 1 amide bonds. The van der Waals surface area contributed by atoms with Gasteiger partial charge in [-0.3, -0.25) is 9.69 Å². The van der Waals surface area contributed by atoms with E-state index in [-0.39, 0.29) is 24.1 Å². The number of ether oxygens (including phenoxy) is 2. The molecule has 6 nitrogen and oxygen atoms in total. The Morgan fingerprint density at radius 2 is 1.97 bits per heavy atom. The third-order valence-corrected chi connectivity index (χ3v) is 5.83. The summed E-state index contributed by atoms with van der Waals surface area (Å²) < 4.78 is 11.7. The highest BCUT2D eigenvalue weighted by atomic mass is 16.5. The number of pyridine rings is 1. The monoisotopic (exact) mass is 395 g/mol. The molecule has 154 valence electrons. The largest absolute Gasteiger partial charge is 0.493 e. The van der Waals surface area contributed by atoms with E-state index >= 15 is 0 Å². The first kappa shape index (κ1) is 19.7. The molecule has 0 bridgehead atoms. The number of carbonyl (C=O) groups is 1. The average Bonchev–Trinajstić information content (AvgIpc) is 2.74. The van der Waals surface area contributed by atoms with Crippen LogP contribution in [0, 0.1) is 6.92 Å². The van der Waals surface area contributed by atoms with Crippen LogP contribution in [0.3, 0.4) is 0 Å². The van der Waals surface area contributed by atoms with Crippen molar-refractivity contribution in [3.63, 3.8) is 0 Å². The number of hydrogen-bond acceptors (Lipinski definition) is 5. The van der Waals surface area contributed by atoms with Crippen LogP contribution in [0.15, 0.2) is 42.5 Å². The van der Waals surface area contributed by atoms with Crippen LogP contribution in [0.25, 0.3) is 0 Å². The quantitative estimate of drug-likeness (QED) is 0.842. The van der Waals surface area contributed by atoms with Crippen LogP contribution < -0.4 is 14.8 Å². The Balaban J connectivity index is 1.29. The molecule has 29 heavy (non-hydrogen) atoms. The first-order valence-corrected chi connectivity index (χ1v) is 10.5. The van der Waals surface area contributed by atoms with Crippen LogP contribution >= 0.6 is 0 Å². The summed E-state index contributed by atoms with van der Waals surface area (Å²) in [6.45, 7) is 6.27. The summed E-state index contributed by atoms with van der Waals surface area (Å²) in [6, 6.07) is 13.6. The second-order valence-corrected chi connectivity index (χ2v) is 7.88. The molecular formula is C23H29N3O3. The Morgan fingerprint density at radius 1 is 1.17 bits per heavy atom. The van der Waals surface area contributed by atoms with Gasteiger partial charge in [0.25, 0.3) is 0 Å². The number of aryl methyl sites for hydroxylation is 1. The van der Waals surface area contributed by atoms with E-state index in [1.54, 1.807) is 0 Å². The highest BCUT2D eigenvalue weighted by molar-refractivity contribution is 5.82. The fraction of sp³-hybridized carbons (Fsp3) is 0.478. The zero-order valence-electron chi connectivity index (χ0n) is 17.1. The normalized spacial score (nSPS) is 21.0. The van der Waals surface area contributed by atoms with E-state index in [1.165, 1.54) is 0 Å². The summed E-state index contributed by atoms with van der Waals surface area (Å²) in [5.41, 5.74) is 2.02. The summed E-state index contributed by atoms with van der Waals surface area (Å²) >= 11 is 0. The van der Waals surface area contributed by atoms with Crippen molar-refractivity contribution in [2.24, 2.45) is 0 Å². The van der Waals surface area contributed by atoms with E-state index in [9.17, 15) is 4.79 Å². The number of likely N-dealkylation sites (tertiary alicyclic amines) is 1. The van der Waals surface area contributed by atoms with E-state index in [4.69, 9.17) is 9.47 Å². The van der Waals surface area contributed by atoms with Gasteiger partial charge >= 0.3 is 0 Å². The van der Waals surface area contributed by atoms with Crippen LogP contribution in [0.5, 0.6) is 11.6 Å². The number of para-hydroxylation sites is 1. The molecule has 2 unspecified atom stereocenters. The van der Waals surface area contributed by atoms with E-state index in [2.05, 4.69) is 15.2 Å². The standard InChI is InChI=1S/C23H29N3O3/c1-16-6-5-9-22(24-16)29-18-10-13-26(14-11-18)17(2)23(27)25-20-12-15-28-21-8-4-3-7-19(20)21/h3-9,17-18,20H,10-15H2,1-2H3,(H,25,27). The molecule has 1 N–H and O–H groups in total. The number of piperidine rings is 1. The van der Waals surface area contributed by atoms with Crippen molar-refractivity contribution in [3.05, 3.63) is 53.7 Å². The number of carbonyl (C=O) groups excluding carboxylic acids is 1. The lowest BCUT2D eigenvalue weighted by Gasteiger charge is -2.36. The molecule has 2 aliphatic rings. The topological polar surface area (TPSA) is 63.7 Å².